The van der Waals surface area contributed by atoms with E-state index in [1.54, 1.807) is 6.07 Å². The van der Waals surface area contributed by atoms with E-state index in [1.807, 2.05) is 43.3 Å². The normalized spacial score (nSPS) is 21.6. The van der Waals surface area contributed by atoms with Gasteiger partial charge >= 0.3 is 5.97 Å². The number of halogens is 1. The maximum atomic E-state index is 13.4. The number of ketones is 1. The third-order valence-corrected chi connectivity index (χ3v) is 6.06. The van der Waals surface area contributed by atoms with Gasteiger partial charge in [-0.3, -0.25) is 4.79 Å². The first-order chi connectivity index (χ1) is 14.0. The number of carbonyl (C=O) groups is 2. The molecule has 1 aliphatic carbocycles. The fourth-order valence-electron chi connectivity index (χ4n) is 4.40. The Bertz CT molecular complexity index is 1040. The summed E-state index contributed by atoms with van der Waals surface area (Å²) >= 11 is 6.49. The van der Waals surface area contributed by atoms with Gasteiger partial charge in [0.25, 0.3) is 0 Å². The molecule has 0 spiro atoms. The number of esters is 1. The van der Waals surface area contributed by atoms with Crippen LogP contribution in [0.25, 0.3) is 0 Å². The molecule has 0 fully saturated rings. The molecule has 1 heterocycles. The Morgan fingerprint density at radius 1 is 1.07 bits per heavy atom. The molecule has 0 saturated carbocycles. The quantitative estimate of drug-likeness (QED) is 0.737. The highest BCUT2D eigenvalue weighted by Gasteiger charge is 2.41. The first kappa shape index (κ1) is 19.5. The predicted molar refractivity (Wildman–Crippen MR) is 112 cm³/mol. The number of rotatable bonds is 3. The molecule has 1 N–H and O–H groups in total. The lowest BCUT2D eigenvalue weighted by atomic mass is 9.71. The van der Waals surface area contributed by atoms with Crippen molar-refractivity contribution in [1.82, 2.24) is 5.32 Å². The molecular formula is C24H22ClNO3. The van der Waals surface area contributed by atoms with Gasteiger partial charge in [0.1, 0.15) is 0 Å². The van der Waals surface area contributed by atoms with Crippen molar-refractivity contribution >= 4 is 23.4 Å². The molecule has 1 aliphatic heterocycles. The monoisotopic (exact) mass is 407 g/mol. The second-order valence-electron chi connectivity index (χ2n) is 7.44. The van der Waals surface area contributed by atoms with Crippen molar-refractivity contribution in [2.45, 2.75) is 31.6 Å². The van der Waals surface area contributed by atoms with Crippen molar-refractivity contribution in [1.29, 1.82) is 0 Å². The topological polar surface area (TPSA) is 55.4 Å². The Kier molecular flexibility index (Phi) is 5.29. The summed E-state index contributed by atoms with van der Waals surface area (Å²) in [5.74, 6) is -0.846. The molecule has 0 aromatic heterocycles. The van der Waals surface area contributed by atoms with Gasteiger partial charge in [0.15, 0.2) is 5.78 Å². The molecule has 0 radical (unpaired) electrons. The number of Topliss-reactive ketones (excluding diaryl/α,β-unsaturated/α-hetero) is 1. The van der Waals surface area contributed by atoms with E-state index >= 15 is 0 Å². The van der Waals surface area contributed by atoms with Gasteiger partial charge < -0.3 is 10.1 Å². The molecule has 2 atom stereocenters. The lowest BCUT2D eigenvalue weighted by Crippen LogP contribution is -2.36. The largest absolute Gasteiger partial charge is 0.466 e. The van der Waals surface area contributed by atoms with Crippen LogP contribution in [-0.4, -0.2) is 18.9 Å². The van der Waals surface area contributed by atoms with Crippen LogP contribution in [0.5, 0.6) is 0 Å². The van der Waals surface area contributed by atoms with Gasteiger partial charge in [0.2, 0.25) is 0 Å². The van der Waals surface area contributed by atoms with Gasteiger partial charge in [0.05, 0.1) is 12.7 Å². The van der Waals surface area contributed by atoms with Crippen molar-refractivity contribution in [3.05, 3.63) is 93.3 Å². The van der Waals surface area contributed by atoms with Crippen LogP contribution < -0.4 is 5.32 Å². The van der Waals surface area contributed by atoms with Crippen LogP contribution in [0.1, 0.15) is 42.7 Å². The second kappa shape index (κ2) is 7.88. The predicted octanol–water partition coefficient (Wildman–Crippen LogP) is 4.87. The van der Waals surface area contributed by atoms with Gasteiger partial charge in [0, 0.05) is 34.3 Å². The Morgan fingerprint density at radius 3 is 2.45 bits per heavy atom. The van der Waals surface area contributed by atoms with Crippen LogP contribution in [-0.2, 0) is 14.3 Å². The minimum atomic E-state index is -0.531. The molecule has 4 rings (SSSR count). The van der Waals surface area contributed by atoms with Crippen molar-refractivity contribution in [2.75, 3.05) is 7.11 Å². The molecule has 2 aromatic rings. The van der Waals surface area contributed by atoms with Gasteiger partial charge in [-0.1, -0.05) is 60.1 Å². The van der Waals surface area contributed by atoms with Crippen molar-refractivity contribution in [3.8, 4) is 0 Å². The van der Waals surface area contributed by atoms with E-state index in [1.165, 1.54) is 7.11 Å². The molecule has 29 heavy (non-hydrogen) atoms. The first-order valence-electron chi connectivity index (χ1n) is 9.63. The summed E-state index contributed by atoms with van der Waals surface area (Å²) in [4.78, 5) is 26.0. The molecule has 2 aliphatic rings. The zero-order valence-electron chi connectivity index (χ0n) is 16.4. The van der Waals surface area contributed by atoms with Crippen LogP contribution in [0.4, 0.5) is 0 Å². The Labute approximate surface area is 175 Å². The van der Waals surface area contributed by atoms with Gasteiger partial charge in [-0.05, 0) is 36.5 Å². The number of benzene rings is 2. The van der Waals surface area contributed by atoms with Crippen LogP contribution in [0.3, 0.4) is 0 Å². The molecule has 2 aromatic carbocycles. The minimum Gasteiger partial charge on any atom is -0.466 e. The number of carbonyl (C=O) groups excluding carboxylic acids is 2. The zero-order chi connectivity index (χ0) is 20.5. The summed E-state index contributed by atoms with van der Waals surface area (Å²) < 4.78 is 5.04. The lowest BCUT2D eigenvalue weighted by molar-refractivity contribution is -0.136. The standard InChI is InChI=1S/C24H22ClNO3/c1-14-21(24(28)29-2)22(17-10-6-7-11-18(17)25)23-19(26-14)12-16(13-20(23)27)15-8-4-3-5-9-15/h3-11,16,22,26H,12-13H2,1-2H3/t16-,22+/m0/s1. The van der Waals surface area contributed by atoms with E-state index in [9.17, 15) is 9.59 Å². The third-order valence-electron chi connectivity index (χ3n) is 5.72. The third kappa shape index (κ3) is 3.49. The van der Waals surface area contributed by atoms with Crippen LogP contribution in [0.2, 0.25) is 5.02 Å². The number of allylic oxidation sites excluding steroid dienone is 3. The van der Waals surface area contributed by atoms with Crippen molar-refractivity contribution in [2.24, 2.45) is 0 Å². The number of ether oxygens (including phenoxy) is 1. The number of nitrogens with one attached hydrogen (secondary N) is 1. The van der Waals surface area contributed by atoms with E-state index in [0.29, 0.717) is 34.7 Å². The fourth-order valence-corrected chi connectivity index (χ4v) is 4.65. The maximum absolute atomic E-state index is 13.4. The second-order valence-corrected chi connectivity index (χ2v) is 7.85. The van der Waals surface area contributed by atoms with Gasteiger partial charge in [-0.25, -0.2) is 4.79 Å². The van der Waals surface area contributed by atoms with Crippen molar-refractivity contribution < 1.29 is 14.3 Å². The van der Waals surface area contributed by atoms with Gasteiger partial charge in [-0.2, -0.15) is 0 Å². The smallest absolute Gasteiger partial charge is 0.336 e. The summed E-state index contributed by atoms with van der Waals surface area (Å²) in [6.07, 6.45) is 1.11. The molecule has 0 unspecified atom stereocenters. The summed E-state index contributed by atoms with van der Waals surface area (Å²) in [5.41, 5.74) is 4.51. The van der Waals surface area contributed by atoms with E-state index in [-0.39, 0.29) is 11.7 Å². The molecule has 4 nitrogen and oxygen atoms in total. The maximum Gasteiger partial charge on any atom is 0.336 e. The highest BCUT2D eigenvalue weighted by Crippen LogP contribution is 2.46. The molecule has 0 amide bonds. The average molecular weight is 408 g/mol. The molecule has 0 saturated heterocycles. The van der Waals surface area contributed by atoms with E-state index in [4.69, 9.17) is 16.3 Å². The van der Waals surface area contributed by atoms with E-state index in [0.717, 1.165) is 16.8 Å². The molecule has 148 valence electrons. The number of hydrogen-bond donors (Lipinski definition) is 1. The number of methoxy groups -OCH3 is 1. The van der Waals surface area contributed by atoms with Crippen LogP contribution in [0.15, 0.2) is 77.1 Å². The number of hydrogen-bond acceptors (Lipinski definition) is 4. The number of dihydropyridines is 1. The Morgan fingerprint density at radius 2 is 1.76 bits per heavy atom. The Balaban J connectivity index is 1.84. The average Bonchev–Trinajstić information content (AvgIpc) is 2.73. The van der Waals surface area contributed by atoms with Crippen LogP contribution in [0, 0.1) is 0 Å². The molecular weight excluding hydrogens is 386 g/mol. The highest BCUT2D eigenvalue weighted by molar-refractivity contribution is 6.31. The molecule has 0 bridgehead atoms. The van der Waals surface area contributed by atoms with E-state index in [2.05, 4.69) is 17.4 Å². The Hall–Kier alpha value is -2.85. The lowest BCUT2D eigenvalue weighted by Gasteiger charge is -2.36. The van der Waals surface area contributed by atoms with E-state index < -0.39 is 11.9 Å². The summed E-state index contributed by atoms with van der Waals surface area (Å²) in [6.45, 7) is 1.84. The van der Waals surface area contributed by atoms with Crippen molar-refractivity contribution in [3.63, 3.8) is 0 Å². The fraction of sp³-hybridized carbons (Fsp3) is 0.250. The molecule has 5 heteroatoms. The first-order valence-corrected chi connectivity index (χ1v) is 10.0. The summed E-state index contributed by atoms with van der Waals surface area (Å²) in [7, 11) is 1.35. The zero-order valence-corrected chi connectivity index (χ0v) is 17.1. The SMILES string of the molecule is COC(=O)C1=C(C)NC2=C(C(=O)C[C@@H](c3ccccc3)C2)[C@@H]1c1ccccc1Cl. The summed E-state index contributed by atoms with van der Waals surface area (Å²) in [6, 6.07) is 17.4. The van der Waals surface area contributed by atoms with Crippen LogP contribution >= 0.6 is 11.6 Å². The minimum absolute atomic E-state index is 0.0337. The summed E-state index contributed by atoms with van der Waals surface area (Å²) in [5, 5.41) is 3.85. The van der Waals surface area contributed by atoms with Gasteiger partial charge in [-0.15, -0.1) is 0 Å². The highest BCUT2D eigenvalue weighted by atomic mass is 35.5.